The van der Waals surface area contributed by atoms with Gasteiger partial charge in [0.2, 0.25) is 5.91 Å². The maximum atomic E-state index is 12.2. The van der Waals surface area contributed by atoms with Crippen molar-refractivity contribution < 1.29 is 9.53 Å². The van der Waals surface area contributed by atoms with Gasteiger partial charge >= 0.3 is 0 Å². The van der Waals surface area contributed by atoms with Crippen LogP contribution in [0, 0.1) is 5.41 Å². The lowest BCUT2D eigenvalue weighted by Gasteiger charge is -2.35. The van der Waals surface area contributed by atoms with Crippen LogP contribution < -0.4 is 15.8 Å². The normalized spacial score (nSPS) is 16.3. The van der Waals surface area contributed by atoms with E-state index in [9.17, 15) is 4.79 Å². The summed E-state index contributed by atoms with van der Waals surface area (Å²) >= 11 is 0. The first-order valence-electron chi connectivity index (χ1n) is 8.27. The molecule has 1 saturated carbocycles. The average molecular weight is 341 g/mol. The summed E-state index contributed by atoms with van der Waals surface area (Å²) < 4.78 is 5.14. The summed E-state index contributed by atoms with van der Waals surface area (Å²) in [5, 5.41) is 3.04. The van der Waals surface area contributed by atoms with Crippen molar-refractivity contribution in [2.45, 2.75) is 44.9 Å². The number of benzene rings is 1. The molecule has 0 radical (unpaired) electrons. The number of ether oxygens (including phenoxy) is 1. The van der Waals surface area contributed by atoms with Crippen LogP contribution >= 0.6 is 12.4 Å². The summed E-state index contributed by atoms with van der Waals surface area (Å²) in [6, 6.07) is 7.96. The number of nitrogens with two attached hydrogens (primary N) is 1. The van der Waals surface area contributed by atoms with E-state index in [-0.39, 0.29) is 23.7 Å². The minimum absolute atomic E-state index is 0. The summed E-state index contributed by atoms with van der Waals surface area (Å²) in [5.41, 5.74) is 7.19. The fourth-order valence-corrected chi connectivity index (χ4v) is 3.30. The number of halogens is 1. The molecule has 0 bridgehead atoms. The first-order chi connectivity index (χ1) is 10.7. The highest BCUT2D eigenvalue weighted by Gasteiger charge is 2.32. The minimum Gasteiger partial charge on any atom is -0.497 e. The van der Waals surface area contributed by atoms with Crippen molar-refractivity contribution in [3.63, 3.8) is 0 Å². The molecule has 5 heteroatoms. The van der Waals surface area contributed by atoms with E-state index in [1.54, 1.807) is 7.11 Å². The van der Waals surface area contributed by atoms with E-state index in [1.165, 1.54) is 24.8 Å². The number of methoxy groups -OCH3 is 1. The van der Waals surface area contributed by atoms with E-state index < -0.39 is 0 Å². The first-order valence-corrected chi connectivity index (χ1v) is 8.27. The Kier molecular flexibility index (Phi) is 8.42. The molecule has 1 aromatic rings. The summed E-state index contributed by atoms with van der Waals surface area (Å²) in [4.78, 5) is 12.2. The third-order valence-electron chi connectivity index (χ3n) is 4.78. The highest BCUT2D eigenvalue weighted by molar-refractivity contribution is 5.85. The van der Waals surface area contributed by atoms with E-state index >= 15 is 0 Å². The zero-order chi connectivity index (χ0) is 15.8. The third-order valence-corrected chi connectivity index (χ3v) is 4.78. The number of hydrogen-bond acceptors (Lipinski definition) is 3. The molecule has 1 aliphatic rings. The monoisotopic (exact) mass is 340 g/mol. The SMILES string of the molecule is COc1ccc(CCNC(=O)CC2(CN)CCCCC2)cc1.Cl. The van der Waals surface area contributed by atoms with Crippen LogP contribution in [0.3, 0.4) is 0 Å². The number of carbonyl (C=O) groups is 1. The lowest BCUT2D eigenvalue weighted by atomic mass is 9.71. The second-order valence-corrected chi connectivity index (χ2v) is 6.39. The summed E-state index contributed by atoms with van der Waals surface area (Å²) in [6.45, 7) is 1.30. The Morgan fingerprint density at radius 2 is 1.87 bits per heavy atom. The van der Waals surface area contributed by atoms with E-state index in [0.29, 0.717) is 19.5 Å². The molecule has 23 heavy (non-hydrogen) atoms. The van der Waals surface area contributed by atoms with Gasteiger partial charge in [0, 0.05) is 13.0 Å². The van der Waals surface area contributed by atoms with Gasteiger partial charge in [-0.2, -0.15) is 0 Å². The van der Waals surface area contributed by atoms with Crippen molar-refractivity contribution in [3.8, 4) is 5.75 Å². The van der Waals surface area contributed by atoms with Crippen LogP contribution in [-0.2, 0) is 11.2 Å². The quantitative estimate of drug-likeness (QED) is 0.801. The molecule has 0 aromatic heterocycles. The number of hydrogen-bond donors (Lipinski definition) is 2. The Bertz CT molecular complexity index is 470. The smallest absolute Gasteiger partial charge is 0.220 e. The highest BCUT2D eigenvalue weighted by atomic mass is 35.5. The summed E-state index contributed by atoms with van der Waals surface area (Å²) in [7, 11) is 1.66. The van der Waals surface area contributed by atoms with Crippen molar-refractivity contribution in [2.24, 2.45) is 11.1 Å². The second kappa shape index (κ2) is 9.78. The van der Waals surface area contributed by atoms with Gasteiger partial charge in [0.15, 0.2) is 0 Å². The van der Waals surface area contributed by atoms with Crippen molar-refractivity contribution in [1.82, 2.24) is 5.32 Å². The van der Waals surface area contributed by atoms with E-state index in [1.807, 2.05) is 24.3 Å². The molecule has 3 N–H and O–H groups in total. The molecule has 0 unspecified atom stereocenters. The number of nitrogens with one attached hydrogen (secondary N) is 1. The van der Waals surface area contributed by atoms with E-state index in [4.69, 9.17) is 10.5 Å². The predicted molar refractivity (Wildman–Crippen MR) is 96.1 cm³/mol. The Morgan fingerprint density at radius 1 is 1.22 bits per heavy atom. The Hall–Kier alpha value is -1.26. The van der Waals surface area contributed by atoms with Crippen molar-refractivity contribution >= 4 is 18.3 Å². The lowest BCUT2D eigenvalue weighted by molar-refractivity contribution is -0.123. The Balaban J connectivity index is 0.00000264. The van der Waals surface area contributed by atoms with Gasteiger partial charge in [-0.05, 0) is 48.9 Å². The van der Waals surface area contributed by atoms with Crippen LogP contribution in [0.5, 0.6) is 5.75 Å². The largest absolute Gasteiger partial charge is 0.497 e. The van der Waals surface area contributed by atoms with Crippen LogP contribution in [0.15, 0.2) is 24.3 Å². The minimum atomic E-state index is 0. The van der Waals surface area contributed by atoms with Gasteiger partial charge in [-0.25, -0.2) is 0 Å². The Labute approximate surface area is 145 Å². The fourth-order valence-electron chi connectivity index (χ4n) is 3.30. The maximum absolute atomic E-state index is 12.2. The molecule has 0 spiro atoms. The highest BCUT2D eigenvalue weighted by Crippen LogP contribution is 2.38. The number of amides is 1. The molecular weight excluding hydrogens is 312 g/mol. The molecule has 0 saturated heterocycles. The third kappa shape index (κ3) is 6.04. The van der Waals surface area contributed by atoms with Crippen LogP contribution in [0.25, 0.3) is 0 Å². The molecule has 1 amide bonds. The van der Waals surface area contributed by atoms with Gasteiger partial charge in [0.1, 0.15) is 5.75 Å². The van der Waals surface area contributed by atoms with Crippen molar-refractivity contribution in [2.75, 3.05) is 20.2 Å². The molecule has 0 atom stereocenters. The van der Waals surface area contributed by atoms with Crippen molar-refractivity contribution in [1.29, 1.82) is 0 Å². The number of carbonyl (C=O) groups excluding carboxylic acids is 1. The predicted octanol–water partition coefficient (Wildman–Crippen LogP) is 3.08. The zero-order valence-corrected chi connectivity index (χ0v) is 14.8. The van der Waals surface area contributed by atoms with Crippen LogP contribution in [0.2, 0.25) is 0 Å². The average Bonchev–Trinajstić information content (AvgIpc) is 2.56. The van der Waals surface area contributed by atoms with Crippen LogP contribution in [0.1, 0.15) is 44.1 Å². The molecule has 1 fully saturated rings. The van der Waals surface area contributed by atoms with Gasteiger partial charge in [0.05, 0.1) is 7.11 Å². The molecule has 1 aromatic carbocycles. The molecule has 2 rings (SSSR count). The topological polar surface area (TPSA) is 64.3 Å². The first kappa shape index (κ1) is 19.8. The molecule has 4 nitrogen and oxygen atoms in total. The van der Waals surface area contributed by atoms with Gasteiger partial charge in [0.25, 0.3) is 0 Å². The summed E-state index contributed by atoms with van der Waals surface area (Å²) in [5.74, 6) is 0.996. The van der Waals surface area contributed by atoms with E-state index in [0.717, 1.165) is 25.0 Å². The van der Waals surface area contributed by atoms with Crippen LogP contribution in [0.4, 0.5) is 0 Å². The molecule has 1 aliphatic carbocycles. The van der Waals surface area contributed by atoms with Crippen molar-refractivity contribution in [3.05, 3.63) is 29.8 Å². The van der Waals surface area contributed by atoms with E-state index in [2.05, 4.69) is 5.32 Å². The second-order valence-electron chi connectivity index (χ2n) is 6.39. The summed E-state index contributed by atoms with van der Waals surface area (Å²) in [6.07, 6.45) is 7.29. The van der Waals surface area contributed by atoms with Crippen LogP contribution in [-0.4, -0.2) is 26.1 Å². The molecule has 0 heterocycles. The standard InChI is InChI=1S/C18H28N2O2.ClH/c1-22-16-7-5-15(6-8-16)9-12-20-17(21)13-18(14-19)10-3-2-4-11-18;/h5-8H,2-4,9-14,19H2,1H3,(H,20,21);1H. The molecular formula is C18H29ClN2O2. The van der Waals surface area contributed by atoms with Gasteiger partial charge in [-0.1, -0.05) is 31.4 Å². The van der Waals surface area contributed by atoms with Gasteiger partial charge in [-0.3, -0.25) is 4.79 Å². The maximum Gasteiger partial charge on any atom is 0.220 e. The molecule has 130 valence electrons. The van der Waals surface area contributed by atoms with Gasteiger partial charge in [-0.15, -0.1) is 12.4 Å². The molecule has 0 aliphatic heterocycles. The van der Waals surface area contributed by atoms with Gasteiger partial charge < -0.3 is 15.8 Å². The zero-order valence-electron chi connectivity index (χ0n) is 14.0. The lowest BCUT2D eigenvalue weighted by Crippen LogP contribution is -2.39. The number of rotatable bonds is 7. The Morgan fingerprint density at radius 3 is 2.43 bits per heavy atom. The fraction of sp³-hybridized carbons (Fsp3) is 0.611.